The van der Waals surface area contributed by atoms with E-state index in [0.717, 1.165) is 38.6 Å². The fourth-order valence-corrected chi connectivity index (χ4v) is 1.94. The van der Waals surface area contributed by atoms with Crippen molar-refractivity contribution in [2.24, 2.45) is 10.4 Å². The number of hydrogen-bond acceptors (Lipinski definition) is 1. The molecule has 0 aromatic carbocycles. The summed E-state index contributed by atoms with van der Waals surface area (Å²) in [7, 11) is 0. The Morgan fingerprint density at radius 1 is 1.40 bits per heavy atom. The van der Waals surface area contributed by atoms with Crippen LogP contribution in [0.2, 0.25) is 0 Å². The van der Waals surface area contributed by atoms with Gasteiger partial charge in [-0.05, 0) is 25.2 Å². The zero-order valence-corrected chi connectivity index (χ0v) is 10.6. The second-order valence-corrected chi connectivity index (χ2v) is 5.07. The molecule has 1 aliphatic heterocycles. The summed E-state index contributed by atoms with van der Waals surface area (Å²) in [4.78, 5) is 7.00. The molecule has 1 rings (SSSR count). The maximum Gasteiger partial charge on any atom is 0.193 e. The van der Waals surface area contributed by atoms with Crippen LogP contribution in [0, 0.1) is 5.41 Å². The van der Waals surface area contributed by atoms with Crippen LogP contribution in [0.15, 0.2) is 4.99 Å². The molecule has 88 valence electrons. The van der Waals surface area contributed by atoms with Crippen LogP contribution in [0.25, 0.3) is 0 Å². The van der Waals surface area contributed by atoms with Gasteiger partial charge in [-0.1, -0.05) is 20.8 Å². The van der Waals surface area contributed by atoms with Gasteiger partial charge >= 0.3 is 0 Å². The van der Waals surface area contributed by atoms with E-state index in [1.807, 2.05) is 0 Å². The van der Waals surface area contributed by atoms with E-state index in [1.165, 1.54) is 6.42 Å². The molecule has 1 aliphatic rings. The summed E-state index contributed by atoms with van der Waals surface area (Å²) in [5, 5.41) is 3.37. The fourth-order valence-electron chi connectivity index (χ4n) is 1.94. The molecule has 3 nitrogen and oxygen atoms in total. The molecule has 15 heavy (non-hydrogen) atoms. The molecule has 0 aromatic rings. The summed E-state index contributed by atoms with van der Waals surface area (Å²) < 4.78 is 0. The van der Waals surface area contributed by atoms with Crippen LogP contribution in [-0.2, 0) is 0 Å². The van der Waals surface area contributed by atoms with Gasteiger partial charge in [-0.2, -0.15) is 0 Å². The van der Waals surface area contributed by atoms with Crippen LogP contribution in [0.4, 0.5) is 0 Å². The lowest BCUT2D eigenvalue weighted by Gasteiger charge is -2.23. The van der Waals surface area contributed by atoms with Crippen molar-refractivity contribution in [3.8, 4) is 0 Å². The summed E-state index contributed by atoms with van der Waals surface area (Å²) in [5.74, 6) is 1.10. The molecule has 0 unspecified atom stereocenters. The lowest BCUT2D eigenvalue weighted by Crippen LogP contribution is -2.40. The first-order valence-corrected chi connectivity index (χ1v) is 6.12. The molecular formula is C12H25N3. The molecule has 1 heterocycles. The molecule has 3 heteroatoms. The van der Waals surface area contributed by atoms with Crippen LogP contribution in [0.5, 0.6) is 0 Å². The number of nitrogens with one attached hydrogen (secondary N) is 1. The topological polar surface area (TPSA) is 27.6 Å². The van der Waals surface area contributed by atoms with Crippen molar-refractivity contribution in [3.05, 3.63) is 0 Å². The van der Waals surface area contributed by atoms with Crippen LogP contribution in [0.3, 0.4) is 0 Å². The van der Waals surface area contributed by atoms with Gasteiger partial charge in [0.2, 0.25) is 0 Å². The number of guanidine groups is 1. The van der Waals surface area contributed by atoms with Crippen LogP contribution in [-0.4, -0.2) is 37.0 Å². The summed E-state index contributed by atoms with van der Waals surface area (Å²) in [6.07, 6.45) is 2.38. The molecule has 1 saturated heterocycles. The summed E-state index contributed by atoms with van der Waals surface area (Å²) in [5.41, 5.74) is 0.447. The first kappa shape index (κ1) is 12.3. The zero-order valence-electron chi connectivity index (χ0n) is 10.6. The van der Waals surface area contributed by atoms with Crippen molar-refractivity contribution in [1.82, 2.24) is 10.2 Å². The molecule has 0 aromatic heterocycles. The van der Waals surface area contributed by atoms with E-state index in [2.05, 4.69) is 42.9 Å². The van der Waals surface area contributed by atoms with E-state index in [0.29, 0.717) is 5.41 Å². The van der Waals surface area contributed by atoms with Gasteiger partial charge in [-0.25, -0.2) is 0 Å². The van der Waals surface area contributed by atoms with Crippen molar-refractivity contribution in [3.63, 3.8) is 0 Å². The minimum atomic E-state index is 0.447. The lowest BCUT2D eigenvalue weighted by molar-refractivity contribution is 0.370. The first-order valence-electron chi connectivity index (χ1n) is 6.12. The van der Waals surface area contributed by atoms with Crippen molar-refractivity contribution < 1.29 is 0 Å². The Bertz CT molecular complexity index is 221. The highest BCUT2D eigenvalue weighted by Crippen LogP contribution is 2.28. The molecule has 0 saturated carbocycles. The van der Waals surface area contributed by atoms with Gasteiger partial charge in [0, 0.05) is 26.2 Å². The molecule has 0 atom stereocenters. The Morgan fingerprint density at radius 3 is 2.60 bits per heavy atom. The highest BCUT2D eigenvalue weighted by Gasteiger charge is 2.30. The monoisotopic (exact) mass is 211 g/mol. The quantitative estimate of drug-likeness (QED) is 0.572. The highest BCUT2D eigenvalue weighted by molar-refractivity contribution is 5.80. The Labute approximate surface area is 94.0 Å². The first-order chi connectivity index (χ1) is 7.09. The van der Waals surface area contributed by atoms with Gasteiger partial charge in [-0.3, -0.25) is 4.99 Å². The Balaban J connectivity index is 2.57. The maximum atomic E-state index is 4.61. The Hall–Kier alpha value is -0.730. The average Bonchev–Trinajstić information content (AvgIpc) is 2.53. The maximum absolute atomic E-state index is 4.61. The largest absolute Gasteiger partial charge is 0.357 e. The molecule has 0 amide bonds. The number of likely N-dealkylation sites (tertiary alicyclic amines) is 1. The summed E-state index contributed by atoms with van der Waals surface area (Å²) in [6, 6.07) is 0. The van der Waals surface area contributed by atoms with Crippen LogP contribution >= 0.6 is 0 Å². The molecular weight excluding hydrogens is 186 g/mol. The standard InChI is InChI=1S/C12H25N3/c1-5-8-14-11(13-6-2)15-9-7-12(3,4)10-15/h5-10H2,1-4H3,(H,13,14). The van der Waals surface area contributed by atoms with E-state index in [-0.39, 0.29) is 0 Å². The van der Waals surface area contributed by atoms with Gasteiger partial charge in [0.25, 0.3) is 0 Å². The summed E-state index contributed by atoms with van der Waals surface area (Å²) >= 11 is 0. The number of aliphatic imine (C=N–C) groups is 1. The molecule has 0 aliphatic carbocycles. The normalized spacial score (nSPS) is 20.8. The molecule has 0 radical (unpaired) electrons. The predicted octanol–water partition coefficient (Wildman–Crippen LogP) is 2.09. The minimum absolute atomic E-state index is 0.447. The van der Waals surface area contributed by atoms with Gasteiger partial charge in [-0.15, -0.1) is 0 Å². The smallest absolute Gasteiger partial charge is 0.193 e. The Morgan fingerprint density at radius 2 is 2.13 bits per heavy atom. The number of rotatable bonds is 3. The van der Waals surface area contributed by atoms with Gasteiger partial charge in [0.05, 0.1) is 0 Å². The molecule has 0 bridgehead atoms. The van der Waals surface area contributed by atoms with E-state index in [4.69, 9.17) is 0 Å². The average molecular weight is 211 g/mol. The van der Waals surface area contributed by atoms with Crippen molar-refractivity contribution >= 4 is 5.96 Å². The van der Waals surface area contributed by atoms with E-state index < -0.39 is 0 Å². The van der Waals surface area contributed by atoms with E-state index in [9.17, 15) is 0 Å². The SMILES string of the molecule is CCCN=C(NCC)N1CCC(C)(C)C1. The fraction of sp³-hybridized carbons (Fsp3) is 0.917. The summed E-state index contributed by atoms with van der Waals surface area (Å²) in [6.45, 7) is 13.1. The van der Waals surface area contributed by atoms with Crippen LogP contribution < -0.4 is 5.32 Å². The predicted molar refractivity (Wildman–Crippen MR) is 66.2 cm³/mol. The van der Waals surface area contributed by atoms with Gasteiger partial charge < -0.3 is 10.2 Å². The second-order valence-electron chi connectivity index (χ2n) is 5.07. The third kappa shape index (κ3) is 3.73. The van der Waals surface area contributed by atoms with Crippen molar-refractivity contribution in [1.29, 1.82) is 0 Å². The zero-order chi connectivity index (χ0) is 11.3. The van der Waals surface area contributed by atoms with Gasteiger partial charge in [0.1, 0.15) is 0 Å². The molecule has 1 N–H and O–H groups in total. The lowest BCUT2D eigenvalue weighted by atomic mass is 9.93. The molecule has 0 spiro atoms. The van der Waals surface area contributed by atoms with Crippen molar-refractivity contribution in [2.45, 2.75) is 40.5 Å². The minimum Gasteiger partial charge on any atom is -0.357 e. The van der Waals surface area contributed by atoms with Crippen molar-refractivity contribution in [2.75, 3.05) is 26.2 Å². The number of hydrogen-bond donors (Lipinski definition) is 1. The van der Waals surface area contributed by atoms with Crippen LogP contribution in [0.1, 0.15) is 40.5 Å². The van der Waals surface area contributed by atoms with Gasteiger partial charge in [0.15, 0.2) is 5.96 Å². The third-order valence-corrected chi connectivity index (χ3v) is 2.80. The molecule has 1 fully saturated rings. The van der Waals surface area contributed by atoms with E-state index >= 15 is 0 Å². The third-order valence-electron chi connectivity index (χ3n) is 2.80. The highest BCUT2D eigenvalue weighted by atomic mass is 15.3. The number of nitrogens with zero attached hydrogens (tertiary/aromatic N) is 2. The van der Waals surface area contributed by atoms with E-state index in [1.54, 1.807) is 0 Å². The Kier molecular flexibility index (Phi) is 4.43. The second kappa shape index (κ2) is 5.38.